The molecule has 0 saturated heterocycles. The zero-order chi connectivity index (χ0) is 10.8. The van der Waals surface area contributed by atoms with E-state index in [9.17, 15) is 5.11 Å². The van der Waals surface area contributed by atoms with Crippen molar-refractivity contribution < 1.29 is 10.2 Å². The highest BCUT2D eigenvalue weighted by Gasteiger charge is 2.09. The Hall–Kier alpha value is -1.66. The van der Waals surface area contributed by atoms with Gasteiger partial charge in [-0.05, 0) is 6.07 Å². The van der Waals surface area contributed by atoms with Crippen LogP contribution in [0.25, 0.3) is 11.0 Å². The van der Waals surface area contributed by atoms with Gasteiger partial charge in [0.25, 0.3) is 0 Å². The van der Waals surface area contributed by atoms with Crippen LogP contribution in [-0.2, 0) is 6.54 Å². The van der Waals surface area contributed by atoms with Gasteiger partial charge in [0.15, 0.2) is 5.82 Å². The minimum Gasteiger partial charge on any atom is -0.394 e. The lowest BCUT2D eigenvalue weighted by Gasteiger charge is -2.08. The SMILES string of the molecule is Nc1nccc2c1ncn2CC(O)CO. The second-order valence-corrected chi connectivity index (χ2v) is 3.30. The van der Waals surface area contributed by atoms with Crippen LogP contribution in [0.15, 0.2) is 18.6 Å². The fourth-order valence-electron chi connectivity index (χ4n) is 1.44. The number of anilines is 1. The molecule has 0 radical (unpaired) electrons. The topological polar surface area (TPSA) is 97.2 Å². The van der Waals surface area contributed by atoms with E-state index in [4.69, 9.17) is 10.8 Å². The number of nitrogen functional groups attached to an aromatic ring is 1. The van der Waals surface area contributed by atoms with Crippen LogP contribution in [-0.4, -0.2) is 37.5 Å². The van der Waals surface area contributed by atoms with Gasteiger partial charge in [0.1, 0.15) is 5.52 Å². The van der Waals surface area contributed by atoms with Gasteiger partial charge in [0, 0.05) is 6.20 Å². The zero-order valence-electron chi connectivity index (χ0n) is 8.04. The Morgan fingerprint density at radius 3 is 3.00 bits per heavy atom. The molecule has 1 atom stereocenters. The summed E-state index contributed by atoms with van der Waals surface area (Å²) < 4.78 is 1.73. The molecule has 0 saturated carbocycles. The van der Waals surface area contributed by atoms with Crippen LogP contribution in [0.3, 0.4) is 0 Å². The van der Waals surface area contributed by atoms with Crippen molar-refractivity contribution in [3.8, 4) is 0 Å². The number of nitrogens with two attached hydrogens (primary N) is 1. The van der Waals surface area contributed by atoms with Crippen molar-refractivity contribution in [1.29, 1.82) is 0 Å². The Morgan fingerprint density at radius 1 is 1.47 bits per heavy atom. The third-order valence-corrected chi connectivity index (χ3v) is 2.19. The van der Waals surface area contributed by atoms with Crippen molar-refractivity contribution in [3.05, 3.63) is 18.6 Å². The molecule has 0 aliphatic heterocycles. The van der Waals surface area contributed by atoms with Gasteiger partial charge in [0.05, 0.1) is 31.1 Å². The number of rotatable bonds is 3. The summed E-state index contributed by atoms with van der Waals surface area (Å²) in [6, 6.07) is 1.77. The van der Waals surface area contributed by atoms with E-state index in [0.29, 0.717) is 11.3 Å². The Bertz CT molecular complexity index is 468. The van der Waals surface area contributed by atoms with Crippen molar-refractivity contribution in [2.75, 3.05) is 12.3 Å². The van der Waals surface area contributed by atoms with Gasteiger partial charge in [-0.1, -0.05) is 0 Å². The molecule has 2 aromatic rings. The number of aliphatic hydroxyl groups excluding tert-OH is 2. The second-order valence-electron chi connectivity index (χ2n) is 3.30. The summed E-state index contributed by atoms with van der Waals surface area (Å²) in [5.41, 5.74) is 7.05. The number of imidazole rings is 1. The first kappa shape index (κ1) is 9.88. The first-order chi connectivity index (χ1) is 7.22. The maximum Gasteiger partial charge on any atom is 0.151 e. The van der Waals surface area contributed by atoms with E-state index in [0.717, 1.165) is 5.52 Å². The quantitative estimate of drug-likeness (QED) is 0.623. The zero-order valence-corrected chi connectivity index (χ0v) is 8.04. The minimum absolute atomic E-state index is 0.278. The van der Waals surface area contributed by atoms with Crippen molar-refractivity contribution in [3.63, 3.8) is 0 Å². The Morgan fingerprint density at radius 2 is 2.27 bits per heavy atom. The van der Waals surface area contributed by atoms with Gasteiger partial charge in [-0.2, -0.15) is 0 Å². The molecule has 0 aromatic carbocycles. The normalized spacial score (nSPS) is 13.2. The molecule has 0 aliphatic rings. The molecule has 0 amide bonds. The number of aliphatic hydroxyl groups is 2. The fourth-order valence-corrected chi connectivity index (χ4v) is 1.44. The third kappa shape index (κ3) is 1.77. The van der Waals surface area contributed by atoms with Crippen molar-refractivity contribution in [1.82, 2.24) is 14.5 Å². The highest BCUT2D eigenvalue weighted by molar-refractivity contribution is 5.84. The van der Waals surface area contributed by atoms with Gasteiger partial charge in [0.2, 0.25) is 0 Å². The van der Waals surface area contributed by atoms with Crippen LogP contribution < -0.4 is 5.73 Å². The highest BCUT2D eigenvalue weighted by Crippen LogP contribution is 2.16. The number of hydrogen-bond donors (Lipinski definition) is 3. The van der Waals surface area contributed by atoms with E-state index in [1.165, 1.54) is 0 Å². The summed E-state index contributed by atoms with van der Waals surface area (Å²) in [7, 11) is 0. The van der Waals surface area contributed by atoms with Gasteiger partial charge in [-0.15, -0.1) is 0 Å². The molecule has 0 bridgehead atoms. The minimum atomic E-state index is -0.795. The second kappa shape index (κ2) is 3.84. The van der Waals surface area contributed by atoms with Crippen molar-refractivity contribution >= 4 is 16.9 Å². The first-order valence-corrected chi connectivity index (χ1v) is 4.56. The lowest BCUT2D eigenvalue weighted by molar-refractivity contribution is 0.0821. The van der Waals surface area contributed by atoms with Gasteiger partial charge >= 0.3 is 0 Å². The molecule has 1 unspecified atom stereocenters. The number of hydrogen-bond acceptors (Lipinski definition) is 5. The van der Waals surface area contributed by atoms with E-state index >= 15 is 0 Å². The monoisotopic (exact) mass is 208 g/mol. The Balaban J connectivity index is 2.41. The van der Waals surface area contributed by atoms with Crippen LogP contribution in [0, 0.1) is 0 Å². The predicted molar refractivity (Wildman–Crippen MR) is 55.0 cm³/mol. The smallest absolute Gasteiger partial charge is 0.151 e. The largest absolute Gasteiger partial charge is 0.394 e. The third-order valence-electron chi connectivity index (χ3n) is 2.19. The molecule has 0 spiro atoms. The lowest BCUT2D eigenvalue weighted by Crippen LogP contribution is -2.19. The molecule has 0 fully saturated rings. The maximum absolute atomic E-state index is 9.31. The summed E-state index contributed by atoms with van der Waals surface area (Å²) in [5.74, 6) is 0.365. The van der Waals surface area contributed by atoms with Crippen LogP contribution in [0.4, 0.5) is 5.82 Å². The average Bonchev–Trinajstić information content (AvgIpc) is 2.63. The average molecular weight is 208 g/mol. The first-order valence-electron chi connectivity index (χ1n) is 4.56. The molecule has 4 N–H and O–H groups in total. The van der Waals surface area contributed by atoms with E-state index in [2.05, 4.69) is 9.97 Å². The highest BCUT2D eigenvalue weighted by atomic mass is 16.3. The molecule has 0 aliphatic carbocycles. The predicted octanol–water partition coefficient (Wildman–Crippen LogP) is -0.633. The lowest BCUT2D eigenvalue weighted by atomic mass is 10.3. The summed E-state index contributed by atoms with van der Waals surface area (Å²) in [6.45, 7) is 0.0106. The van der Waals surface area contributed by atoms with Gasteiger partial charge in [-0.25, -0.2) is 9.97 Å². The van der Waals surface area contributed by atoms with Crippen molar-refractivity contribution in [2.24, 2.45) is 0 Å². The van der Waals surface area contributed by atoms with Crippen LogP contribution >= 0.6 is 0 Å². The summed E-state index contributed by atoms with van der Waals surface area (Å²) in [4.78, 5) is 8.00. The van der Waals surface area contributed by atoms with E-state index in [1.807, 2.05) is 0 Å². The number of pyridine rings is 1. The van der Waals surface area contributed by atoms with E-state index < -0.39 is 6.10 Å². The number of nitrogens with zero attached hydrogens (tertiary/aromatic N) is 3. The molecule has 2 rings (SSSR count). The number of aromatic nitrogens is 3. The Labute approximate surface area is 86.0 Å². The standard InChI is InChI=1S/C9H12N4O2/c10-9-8-7(1-2-11-9)13(5-12-8)3-6(15)4-14/h1-2,5-6,14-15H,3-4H2,(H2,10,11). The molecule has 2 aromatic heterocycles. The molecule has 6 heteroatoms. The van der Waals surface area contributed by atoms with Gasteiger partial charge < -0.3 is 20.5 Å². The summed E-state index contributed by atoms with van der Waals surface area (Å²) in [6.07, 6.45) is 2.36. The fraction of sp³-hybridized carbons (Fsp3) is 0.333. The molecule has 15 heavy (non-hydrogen) atoms. The van der Waals surface area contributed by atoms with Crippen LogP contribution in [0.2, 0.25) is 0 Å². The van der Waals surface area contributed by atoms with Crippen LogP contribution in [0.1, 0.15) is 0 Å². The molecule has 2 heterocycles. The molecule has 80 valence electrons. The Kier molecular flexibility index (Phi) is 2.53. The van der Waals surface area contributed by atoms with E-state index in [-0.39, 0.29) is 13.2 Å². The summed E-state index contributed by atoms with van der Waals surface area (Å²) in [5, 5.41) is 18.1. The number of fused-ring (bicyclic) bond motifs is 1. The van der Waals surface area contributed by atoms with Gasteiger partial charge in [-0.3, -0.25) is 0 Å². The van der Waals surface area contributed by atoms with E-state index in [1.54, 1.807) is 23.2 Å². The molecular weight excluding hydrogens is 196 g/mol. The van der Waals surface area contributed by atoms with Crippen LogP contribution in [0.5, 0.6) is 0 Å². The summed E-state index contributed by atoms with van der Waals surface area (Å²) >= 11 is 0. The molecule has 6 nitrogen and oxygen atoms in total. The molecular formula is C9H12N4O2. The van der Waals surface area contributed by atoms with Crippen molar-refractivity contribution in [2.45, 2.75) is 12.6 Å². The maximum atomic E-state index is 9.31.